The summed E-state index contributed by atoms with van der Waals surface area (Å²) in [6.07, 6.45) is 3.70. The van der Waals surface area contributed by atoms with Crippen molar-refractivity contribution in [3.8, 4) is 0 Å². The van der Waals surface area contributed by atoms with Crippen molar-refractivity contribution in [2.75, 3.05) is 0 Å². The molecular formula is C16H19BrN2. The normalized spacial score (nSPS) is 12.4. The van der Waals surface area contributed by atoms with Crippen LogP contribution in [0, 0.1) is 13.8 Å². The topological polar surface area (TPSA) is 24.9 Å². The minimum atomic E-state index is 0.333. The van der Waals surface area contributed by atoms with Crippen LogP contribution < -0.4 is 5.32 Å². The number of hydrogen-bond donors (Lipinski definition) is 1. The molecule has 0 aliphatic carbocycles. The van der Waals surface area contributed by atoms with Gasteiger partial charge in [-0.05, 0) is 59.5 Å². The second-order valence-corrected chi connectivity index (χ2v) is 5.89. The summed E-state index contributed by atoms with van der Waals surface area (Å²) in [7, 11) is 0. The van der Waals surface area contributed by atoms with E-state index in [2.05, 4.69) is 71.3 Å². The summed E-state index contributed by atoms with van der Waals surface area (Å²) in [5.74, 6) is 0. The molecule has 0 amide bonds. The molecule has 1 heterocycles. The van der Waals surface area contributed by atoms with E-state index in [1.54, 1.807) is 6.20 Å². The lowest BCUT2D eigenvalue weighted by Gasteiger charge is -2.17. The number of aryl methyl sites for hydroxylation is 2. The van der Waals surface area contributed by atoms with Crippen LogP contribution >= 0.6 is 15.9 Å². The Morgan fingerprint density at radius 1 is 1.21 bits per heavy atom. The standard InChI is InChI=1S/C16H19BrN2/c1-11-4-5-16(12(2)6-11)13(3)19-9-14-7-15(17)10-18-8-14/h4-8,10,13,19H,9H2,1-3H3. The minimum absolute atomic E-state index is 0.333. The fourth-order valence-corrected chi connectivity index (χ4v) is 2.66. The Balaban J connectivity index is 2.03. The van der Waals surface area contributed by atoms with Crippen molar-refractivity contribution in [2.24, 2.45) is 0 Å². The van der Waals surface area contributed by atoms with E-state index in [4.69, 9.17) is 0 Å². The van der Waals surface area contributed by atoms with Crippen LogP contribution in [0.4, 0.5) is 0 Å². The maximum absolute atomic E-state index is 4.18. The van der Waals surface area contributed by atoms with Crippen molar-refractivity contribution in [2.45, 2.75) is 33.4 Å². The number of aromatic nitrogens is 1. The van der Waals surface area contributed by atoms with Gasteiger partial charge in [0.05, 0.1) is 0 Å². The van der Waals surface area contributed by atoms with Crippen molar-refractivity contribution < 1.29 is 0 Å². The highest BCUT2D eigenvalue weighted by molar-refractivity contribution is 9.10. The summed E-state index contributed by atoms with van der Waals surface area (Å²) in [5, 5.41) is 3.54. The number of nitrogens with zero attached hydrogens (tertiary/aromatic N) is 1. The molecule has 19 heavy (non-hydrogen) atoms. The van der Waals surface area contributed by atoms with Crippen LogP contribution in [0.2, 0.25) is 0 Å². The third kappa shape index (κ3) is 3.88. The quantitative estimate of drug-likeness (QED) is 0.908. The number of benzene rings is 1. The van der Waals surface area contributed by atoms with E-state index >= 15 is 0 Å². The molecule has 0 aliphatic rings. The van der Waals surface area contributed by atoms with Gasteiger partial charge in [-0.1, -0.05) is 23.8 Å². The van der Waals surface area contributed by atoms with Gasteiger partial charge < -0.3 is 5.32 Å². The zero-order valence-electron chi connectivity index (χ0n) is 11.6. The maximum Gasteiger partial charge on any atom is 0.0410 e. The van der Waals surface area contributed by atoms with Crippen molar-refractivity contribution in [1.82, 2.24) is 10.3 Å². The van der Waals surface area contributed by atoms with Gasteiger partial charge in [-0.3, -0.25) is 4.98 Å². The Labute approximate surface area is 123 Å². The van der Waals surface area contributed by atoms with Gasteiger partial charge in [0.2, 0.25) is 0 Å². The summed E-state index contributed by atoms with van der Waals surface area (Å²) in [4.78, 5) is 4.18. The van der Waals surface area contributed by atoms with Gasteiger partial charge >= 0.3 is 0 Å². The predicted molar refractivity (Wildman–Crippen MR) is 83.1 cm³/mol. The SMILES string of the molecule is Cc1ccc(C(C)NCc2cncc(Br)c2)c(C)c1. The molecular weight excluding hydrogens is 300 g/mol. The Bertz CT molecular complexity index is 566. The van der Waals surface area contributed by atoms with E-state index in [1.807, 2.05) is 6.20 Å². The Morgan fingerprint density at radius 2 is 2.00 bits per heavy atom. The lowest BCUT2D eigenvalue weighted by atomic mass is 10.0. The van der Waals surface area contributed by atoms with E-state index in [9.17, 15) is 0 Å². The highest BCUT2D eigenvalue weighted by Gasteiger charge is 2.08. The molecule has 0 bridgehead atoms. The van der Waals surface area contributed by atoms with Gasteiger partial charge in [0.15, 0.2) is 0 Å². The fraction of sp³-hybridized carbons (Fsp3) is 0.312. The van der Waals surface area contributed by atoms with Crippen LogP contribution in [0.3, 0.4) is 0 Å². The molecule has 1 aromatic heterocycles. The molecule has 2 rings (SSSR count). The molecule has 1 aromatic carbocycles. The molecule has 0 saturated carbocycles. The van der Waals surface area contributed by atoms with Crippen molar-refractivity contribution in [3.05, 3.63) is 63.4 Å². The van der Waals surface area contributed by atoms with Gasteiger partial charge in [0, 0.05) is 29.5 Å². The van der Waals surface area contributed by atoms with E-state index in [0.717, 1.165) is 11.0 Å². The average Bonchev–Trinajstić information content (AvgIpc) is 2.36. The summed E-state index contributed by atoms with van der Waals surface area (Å²) in [6, 6.07) is 9.03. The lowest BCUT2D eigenvalue weighted by Crippen LogP contribution is -2.19. The summed E-state index contributed by atoms with van der Waals surface area (Å²) in [5.41, 5.74) is 5.19. The van der Waals surface area contributed by atoms with Crippen molar-refractivity contribution in [1.29, 1.82) is 0 Å². The van der Waals surface area contributed by atoms with E-state index < -0.39 is 0 Å². The molecule has 0 aliphatic heterocycles. The predicted octanol–water partition coefficient (Wildman–Crippen LogP) is 4.31. The van der Waals surface area contributed by atoms with E-state index in [-0.39, 0.29) is 0 Å². The first-order chi connectivity index (χ1) is 9.06. The van der Waals surface area contributed by atoms with Crippen molar-refractivity contribution >= 4 is 15.9 Å². The second-order valence-electron chi connectivity index (χ2n) is 4.97. The summed E-state index contributed by atoms with van der Waals surface area (Å²) < 4.78 is 1.02. The average molecular weight is 319 g/mol. The number of nitrogens with one attached hydrogen (secondary N) is 1. The van der Waals surface area contributed by atoms with Crippen LogP contribution in [0.25, 0.3) is 0 Å². The molecule has 1 unspecified atom stereocenters. The zero-order valence-corrected chi connectivity index (χ0v) is 13.2. The number of hydrogen-bond acceptors (Lipinski definition) is 2. The maximum atomic E-state index is 4.18. The second kappa shape index (κ2) is 6.31. The molecule has 0 fully saturated rings. The molecule has 0 radical (unpaired) electrons. The van der Waals surface area contributed by atoms with Gasteiger partial charge in [-0.25, -0.2) is 0 Å². The van der Waals surface area contributed by atoms with Gasteiger partial charge in [0.25, 0.3) is 0 Å². The van der Waals surface area contributed by atoms with Crippen LogP contribution in [0.1, 0.15) is 35.2 Å². The summed E-state index contributed by atoms with van der Waals surface area (Å²) in [6.45, 7) is 7.31. The Hall–Kier alpha value is -1.19. The smallest absolute Gasteiger partial charge is 0.0410 e. The Morgan fingerprint density at radius 3 is 2.68 bits per heavy atom. The zero-order chi connectivity index (χ0) is 13.8. The van der Waals surface area contributed by atoms with E-state index in [1.165, 1.54) is 22.3 Å². The van der Waals surface area contributed by atoms with Gasteiger partial charge in [-0.15, -0.1) is 0 Å². The molecule has 100 valence electrons. The van der Waals surface area contributed by atoms with Crippen LogP contribution in [-0.4, -0.2) is 4.98 Å². The third-order valence-electron chi connectivity index (χ3n) is 3.27. The highest BCUT2D eigenvalue weighted by atomic mass is 79.9. The molecule has 1 atom stereocenters. The number of pyridine rings is 1. The highest BCUT2D eigenvalue weighted by Crippen LogP contribution is 2.19. The molecule has 2 nitrogen and oxygen atoms in total. The fourth-order valence-electron chi connectivity index (χ4n) is 2.24. The number of rotatable bonds is 4. The lowest BCUT2D eigenvalue weighted by molar-refractivity contribution is 0.571. The third-order valence-corrected chi connectivity index (χ3v) is 3.70. The monoisotopic (exact) mass is 318 g/mol. The first-order valence-corrected chi connectivity index (χ1v) is 7.25. The molecule has 1 N–H and O–H groups in total. The summed E-state index contributed by atoms with van der Waals surface area (Å²) >= 11 is 3.44. The molecule has 0 saturated heterocycles. The first kappa shape index (κ1) is 14.2. The molecule has 0 spiro atoms. The largest absolute Gasteiger partial charge is 0.306 e. The Kier molecular flexibility index (Phi) is 4.72. The number of halogens is 1. The molecule has 2 aromatic rings. The minimum Gasteiger partial charge on any atom is -0.306 e. The van der Waals surface area contributed by atoms with E-state index in [0.29, 0.717) is 6.04 Å². The van der Waals surface area contributed by atoms with Crippen molar-refractivity contribution in [3.63, 3.8) is 0 Å². The van der Waals surface area contributed by atoms with Crippen LogP contribution in [-0.2, 0) is 6.54 Å². The molecule has 3 heteroatoms. The van der Waals surface area contributed by atoms with Gasteiger partial charge in [-0.2, -0.15) is 0 Å². The van der Waals surface area contributed by atoms with Crippen LogP contribution in [0.15, 0.2) is 41.1 Å². The van der Waals surface area contributed by atoms with Gasteiger partial charge in [0.1, 0.15) is 0 Å². The van der Waals surface area contributed by atoms with Crippen LogP contribution in [0.5, 0.6) is 0 Å². The first-order valence-electron chi connectivity index (χ1n) is 6.46.